The van der Waals surface area contributed by atoms with Crippen molar-refractivity contribution < 1.29 is 19.2 Å². The van der Waals surface area contributed by atoms with Crippen molar-refractivity contribution in [2.45, 2.75) is 13.8 Å². The van der Waals surface area contributed by atoms with Crippen molar-refractivity contribution in [2.24, 2.45) is 5.10 Å². The van der Waals surface area contributed by atoms with Crippen LogP contribution in [0.3, 0.4) is 0 Å². The van der Waals surface area contributed by atoms with Gasteiger partial charge in [-0.1, -0.05) is 22.0 Å². The third kappa shape index (κ3) is 7.20. The number of carbonyl (C=O) groups is 2. The van der Waals surface area contributed by atoms with Gasteiger partial charge in [-0.2, -0.15) is 5.10 Å². The van der Waals surface area contributed by atoms with E-state index in [9.17, 15) is 19.7 Å². The number of nitro benzene ring substituents is 1. The molecule has 0 aliphatic carbocycles. The number of ether oxygens (including phenoxy) is 1. The number of nitrogens with zero attached hydrogens (tertiary/aromatic N) is 2. The van der Waals surface area contributed by atoms with Crippen LogP contribution in [0, 0.1) is 24.0 Å². The molecule has 0 spiro atoms. The number of nitrogens with one attached hydrogen (secondary N) is 2. The first kappa shape index (κ1) is 26.0. The fourth-order valence-corrected chi connectivity index (χ4v) is 4.31. The summed E-state index contributed by atoms with van der Waals surface area (Å²) >= 11 is 6.81. The number of hydrazone groups is 1. The molecule has 3 aromatic rings. The summed E-state index contributed by atoms with van der Waals surface area (Å²) < 4.78 is 7.04. The second-order valence-corrected chi connectivity index (χ2v) is 9.21. The van der Waals surface area contributed by atoms with Crippen LogP contribution in [0.25, 0.3) is 0 Å². The topological polar surface area (TPSA) is 123 Å². The van der Waals surface area contributed by atoms with E-state index in [1.165, 1.54) is 30.5 Å². The Morgan fingerprint density at radius 2 is 1.77 bits per heavy atom. The third-order valence-corrected chi connectivity index (χ3v) is 5.93. The lowest BCUT2D eigenvalue weighted by Crippen LogP contribution is -2.21. The average Bonchev–Trinajstić information content (AvgIpc) is 2.80. The van der Waals surface area contributed by atoms with Crippen molar-refractivity contribution in [1.82, 2.24) is 5.43 Å². The van der Waals surface area contributed by atoms with Crippen molar-refractivity contribution in [2.75, 3.05) is 11.9 Å². The first-order valence-electron chi connectivity index (χ1n) is 10.2. The summed E-state index contributed by atoms with van der Waals surface area (Å²) in [5.41, 5.74) is 5.82. The number of aryl methyl sites for hydroxylation is 2. The highest BCUT2D eigenvalue weighted by Gasteiger charge is 2.13. The van der Waals surface area contributed by atoms with Crippen molar-refractivity contribution >= 4 is 61.3 Å². The summed E-state index contributed by atoms with van der Waals surface area (Å²) in [6, 6.07) is 14.2. The molecule has 0 aliphatic rings. The van der Waals surface area contributed by atoms with E-state index in [2.05, 4.69) is 47.7 Å². The number of carbonyl (C=O) groups excluding carboxylic acids is 2. The van der Waals surface area contributed by atoms with Crippen LogP contribution in [0.1, 0.15) is 27.0 Å². The van der Waals surface area contributed by atoms with Crippen molar-refractivity contribution in [3.05, 3.63) is 95.9 Å². The van der Waals surface area contributed by atoms with Gasteiger partial charge in [-0.05, 0) is 77.3 Å². The van der Waals surface area contributed by atoms with Gasteiger partial charge in [0.25, 0.3) is 17.5 Å². The molecule has 180 valence electrons. The van der Waals surface area contributed by atoms with Gasteiger partial charge in [-0.3, -0.25) is 19.7 Å². The van der Waals surface area contributed by atoms with E-state index < -0.39 is 10.8 Å². The minimum atomic E-state index is -0.547. The maximum atomic E-state index is 12.4. The van der Waals surface area contributed by atoms with E-state index in [1.807, 2.05) is 32.0 Å². The van der Waals surface area contributed by atoms with Crippen LogP contribution in [0.15, 0.2) is 68.6 Å². The smallest absolute Gasteiger partial charge is 0.271 e. The van der Waals surface area contributed by atoms with Crippen LogP contribution in [0.2, 0.25) is 0 Å². The highest BCUT2D eigenvalue weighted by atomic mass is 79.9. The molecule has 0 heterocycles. The van der Waals surface area contributed by atoms with Gasteiger partial charge in [-0.15, -0.1) is 0 Å². The van der Waals surface area contributed by atoms with Gasteiger partial charge in [0.1, 0.15) is 5.75 Å². The highest BCUT2D eigenvalue weighted by Crippen LogP contribution is 2.32. The summed E-state index contributed by atoms with van der Waals surface area (Å²) in [5, 5.41) is 17.5. The largest absolute Gasteiger partial charge is 0.482 e. The standard InChI is InChI=1S/C24H20Br2N4O5/c1-14-3-6-19(9-15(14)2)28-22(31)13-35-23-17(10-18(25)11-21(23)26)12-27-29-24(32)16-4-7-20(8-5-16)30(33)34/h3-12H,13H2,1-2H3,(H,28,31)(H,29,32)/b27-12+. The molecule has 0 fully saturated rings. The number of rotatable bonds is 8. The minimum absolute atomic E-state index is 0.118. The maximum Gasteiger partial charge on any atom is 0.271 e. The number of hydrogen-bond donors (Lipinski definition) is 2. The van der Waals surface area contributed by atoms with E-state index in [0.29, 0.717) is 21.5 Å². The summed E-state index contributed by atoms with van der Waals surface area (Å²) in [6.45, 7) is 3.71. The van der Waals surface area contributed by atoms with Gasteiger partial charge < -0.3 is 10.1 Å². The van der Waals surface area contributed by atoms with Crippen LogP contribution < -0.4 is 15.5 Å². The van der Waals surface area contributed by atoms with Crippen molar-refractivity contribution in [1.29, 1.82) is 0 Å². The van der Waals surface area contributed by atoms with Crippen LogP contribution in [0.4, 0.5) is 11.4 Å². The Morgan fingerprint density at radius 1 is 1.06 bits per heavy atom. The second kappa shape index (κ2) is 11.7. The molecule has 11 heteroatoms. The molecule has 3 aromatic carbocycles. The van der Waals surface area contributed by atoms with Gasteiger partial charge >= 0.3 is 0 Å². The van der Waals surface area contributed by atoms with Crippen LogP contribution in [0.5, 0.6) is 5.75 Å². The molecule has 2 N–H and O–H groups in total. The summed E-state index contributed by atoms with van der Waals surface area (Å²) in [4.78, 5) is 34.9. The Bertz CT molecular complexity index is 1310. The maximum absolute atomic E-state index is 12.4. The molecule has 0 aromatic heterocycles. The van der Waals surface area contributed by atoms with E-state index in [0.717, 1.165) is 15.6 Å². The van der Waals surface area contributed by atoms with Gasteiger partial charge in [0.15, 0.2) is 6.61 Å². The molecule has 9 nitrogen and oxygen atoms in total. The summed E-state index contributed by atoms with van der Waals surface area (Å²) in [7, 11) is 0. The van der Waals surface area contributed by atoms with Crippen LogP contribution >= 0.6 is 31.9 Å². The SMILES string of the molecule is Cc1ccc(NC(=O)COc2c(Br)cc(Br)cc2/C=N/NC(=O)c2ccc([N+](=O)[O-])cc2)cc1C. The molecular formula is C24H20Br2N4O5. The van der Waals surface area contributed by atoms with Crippen LogP contribution in [-0.2, 0) is 4.79 Å². The zero-order chi connectivity index (χ0) is 25.5. The van der Waals surface area contributed by atoms with Gasteiger partial charge in [0, 0.05) is 33.4 Å². The lowest BCUT2D eigenvalue weighted by Gasteiger charge is -2.12. The Labute approximate surface area is 218 Å². The Hall–Kier alpha value is -3.57. The zero-order valence-corrected chi connectivity index (χ0v) is 21.8. The molecule has 0 bridgehead atoms. The number of amides is 2. The normalized spacial score (nSPS) is 10.7. The molecule has 0 unspecified atom stereocenters. The number of benzene rings is 3. The van der Waals surface area contributed by atoms with E-state index in [1.54, 1.807) is 12.1 Å². The number of anilines is 1. The first-order chi connectivity index (χ1) is 16.6. The molecule has 2 amide bonds. The van der Waals surface area contributed by atoms with E-state index >= 15 is 0 Å². The van der Waals surface area contributed by atoms with Crippen LogP contribution in [-0.4, -0.2) is 29.6 Å². The Morgan fingerprint density at radius 3 is 2.43 bits per heavy atom. The van der Waals surface area contributed by atoms with Gasteiger partial charge in [-0.25, -0.2) is 5.43 Å². The van der Waals surface area contributed by atoms with Gasteiger partial charge in [0.2, 0.25) is 0 Å². The first-order valence-corrected chi connectivity index (χ1v) is 11.8. The monoisotopic (exact) mass is 602 g/mol. The lowest BCUT2D eigenvalue weighted by atomic mass is 10.1. The Kier molecular flexibility index (Phi) is 8.72. The average molecular weight is 604 g/mol. The lowest BCUT2D eigenvalue weighted by molar-refractivity contribution is -0.384. The molecule has 0 aliphatic heterocycles. The highest BCUT2D eigenvalue weighted by molar-refractivity contribution is 9.11. The predicted octanol–water partition coefficient (Wildman–Crippen LogP) is 5.52. The van der Waals surface area contributed by atoms with E-state index in [4.69, 9.17) is 4.74 Å². The third-order valence-electron chi connectivity index (χ3n) is 4.89. The molecule has 35 heavy (non-hydrogen) atoms. The van der Waals surface area contributed by atoms with Crippen molar-refractivity contribution in [3.8, 4) is 5.75 Å². The predicted molar refractivity (Wildman–Crippen MR) is 140 cm³/mol. The number of nitro groups is 1. The molecule has 0 saturated carbocycles. The van der Waals surface area contributed by atoms with E-state index in [-0.39, 0.29) is 23.8 Å². The Balaban J connectivity index is 1.67. The molecule has 0 saturated heterocycles. The number of non-ortho nitro benzene ring substituents is 1. The number of halogens is 2. The number of hydrogen-bond acceptors (Lipinski definition) is 6. The second-order valence-electron chi connectivity index (χ2n) is 7.44. The molecule has 0 atom stereocenters. The molecule has 0 radical (unpaired) electrons. The summed E-state index contributed by atoms with van der Waals surface area (Å²) in [6.07, 6.45) is 1.37. The van der Waals surface area contributed by atoms with Gasteiger partial charge in [0.05, 0.1) is 15.6 Å². The minimum Gasteiger partial charge on any atom is -0.482 e. The quantitative estimate of drug-likeness (QED) is 0.199. The summed E-state index contributed by atoms with van der Waals surface area (Å²) in [5.74, 6) is -0.519. The fourth-order valence-electron chi connectivity index (χ4n) is 2.94. The fraction of sp³-hybridized carbons (Fsp3) is 0.125. The zero-order valence-electron chi connectivity index (χ0n) is 18.7. The molecular weight excluding hydrogens is 584 g/mol. The molecule has 3 rings (SSSR count). The van der Waals surface area contributed by atoms with Crippen molar-refractivity contribution in [3.63, 3.8) is 0 Å².